The van der Waals surface area contributed by atoms with Gasteiger partial charge in [-0.05, 0) is 63.7 Å². The number of hydrogen-bond acceptors (Lipinski definition) is 3. The molecular formula is C15H27NO2. The Balaban J connectivity index is 1.56. The van der Waals surface area contributed by atoms with Crippen LogP contribution in [0.1, 0.15) is 57.8 Å². The van der Waals surface area contributed by atoms with Crippen LogP contribution in [0.4, 0.5) is 0 Å². The molecule has 0 aromatic heterocycles. The first kappa shape index (κ1) is 12.9. The van der Waals surface area contributed by atoms with Crippen molar-refractivity contribution in [2.75, 3.05) is 13.7 Å². The lowest BCUT2D eigenvalue weighted by molar-refractivity contribution is -0.151. The lowest BCUT2D eigenvalue weighted by Crippen LogP contribution is -2.52. The topological polar surface area (TPSA) is 44.5 Å². The van der Waals surface area contributed by atoms with E-state index >= 15 is 0 Å². The van der Waals surface area contributed by atoms with E-state index in [0.717, 1.165) is 19.4 Å². The molecule has 18 heavy (non-hydrogen) atoms. The highest BCUT2D eigenvalue weighted by molar-refractivity contribution is 4.99. The molecule has 1 saturated heterocycles. The minimum Gasteiger partial charge on any atom is -0.378 e. The summed E-state index contributed by atoms with van der Waals surface area (Å²) in [5.74, 6) is 0.645. The van der Waals surface area contributed by atoms with Crippen LogP contribution in [0, 0.1) is 5.92 Å². The Morgan fingerprint density at radius 3 is 2.50 bits per heavy atom. The zero-order chi connectivity index (χ0) is 12.6. The highest BCUT2D eigenvalue weighted by atomic mass is 16.5. The molecule has 3 fully saturated rings. The molecular weight excluding hydrogens is 226 g/mol. The van der Waals surface area contributed by atoms with Crippen LogP contribution in [0.15, 0.2) is 0 Å². The van der Waals surface area contributed by atoms with Gasteiger partial charge >= 0.3 is 0 Å². The summed E-state index contributed by atoms with van der Waals surface area (Å²) >= 11 is 0. The van der Waals surface area contributed by atoms with E-state index in [1.54, 1.807) is 0 Å². The van der Waals surface area contributed by atoms with Crippen LogP contribution in [0.5, 0.6) is 0 Å². The Kier molecular flexibility index (Phi) is 3.41. The minimum absolute atomic E-state index is 0.116. The monoisotopic (exact) mass is 253 g/mol. The van der Waals surface area contributed by atoms with E-state index in [0.29, 0.717) is 12.0 Å². The summed E-state index contributed by atoms with van der Waals surface area (Å²) in [6.07, 6.45) is 10.9. The molecule has 2 N–H and O–H groups in total. The molecule has 0 radical (unpaired) electrons. The third-order valence-corrected chi connectivity index (χ3v) is 5.71. The third-order valence-electron chi connectivity index (χ3n) is 5.71. The SMILES string of the molecule is COC1(CC(N)C2CCOC3(CCC3)C2)CCC1. The fourth-order valence-electron chi connectivity index (χ4n) is 4.01. The molecule has 0 amide bonds. The molecule has 0 aromatic rings. The van der Waals surface area contributed by atoms with Gasteiger partial charge in [-0.25, -0.2) is 0 Å². The molecule has 2 unspecified atom stereocenters. The van der Waals surface area contributed by atoms with Gasteiger partial charge in [0.15, 0.2) is 0 Å². The molecule has 1 heterocycles. The van der Waals surface area contributed by atoms with Crippen LogP contribution in [0.2, 0.25) is 0 Å². The smallest absolute Gasteiger partial charge is 0.0693 e. The molecule has 3 rings (SSSR count). The molecule has 2 aliphatic carbocycles. The molecule has 3 aliphatic rings. The van der Waals surface area contributed by atoms with Crippen molar-refractivity contribution in [1.82, 2.24) is 0 Å². The zero-order valence-corrected chi connectivity index (χ0v) is 11.6. The van der Waals surface area contributed by atoms with Crippen LogP contribution >= 0.6 is 0 Å². The second-order valence-electron chi connectivity index (χ2n) is 6.75. The number of nitrogens with two attached hydrogens (primary N) is 1. The van der Waals surface area contributed by atoms with Gasteiger partial charge < -0.3 is 15.2 Å². The van der Waals surface area contributed by atoms with Crippen molar-refractivity contribution >= 4 is 0 Å². The maximum absolute atomic E-state index is 6.48. The van der Waals surface area contributed by atoms with Gasteiger partial charge in [-0.3, -0.25) is 0 Å². The Hall–Kier alpha value is -0.120. The summed E-state index contributed by atoms with van der Waals surface area (Å²) in [6, 6.07) is 0.298. The van der Waals surface area contributed by atoms with E-state index in [9.17, 15) is 0 Å². The van der Waals surface area contributed by atoms with Crippen LogP contribution in [0.3, 0.4) is 0 Å². The number of hydrogen-bond donors (Lipinski definition) is 1. The van der Waals surface area contributed by atoms with Crippen LogP contribution < -0.4 is 5.73 Å². The predicted octanol–water partition coefficient (Wildman–Crippen LogP) is 2.62. The van der Waals surface area contributed by atoms with Crippen LogP contribution in [-0.4, -0.2) is 31.0 Å². The van der Waals surface area contributed by atoms with E-state index in [-0.39, 0.29) is 11.2 Å². The lowest BCUT2D eigenvalue weighted by atomic mass is 9.67. The maximum atomic E-state index is 6.48. The summed E-state index contributed by atoms with van der Waals surface area (Å²) in [5, 5.41) is 0. The highest BCUT2D eigenvalue weighted by Gasteiger charge is 2.46. The summed E-state index contributed by atoms with van der Waals surface area (Å²) in [5.41, 5.74) is 6.82. The minimum atomic E-state index is 0.116. The van der Waals surface area contributed by atoms with Crippen molar-refractivity contribution in [2.45, 2.75) is 75.0 Å². The van der Waals surface area contributed by atoms with E-state index < -0.39 is 0 Å². The normalized spacial score (nSPS) is 34.7. The number of ether oxygens (including phenoxy) is 2. The van der Waals surface area contributed by atoms with Gasteiger partial charge in [-0.1, -0.05) is 0 Å². The van der Waals surface area contributed by atoms with Crippen molar-refractivity contribution in [3.63, 3.8) is 0 Å². The average molecular weight is 253 g/mol. The van der Waals surface area contributed by atoms with Gasteiger partial charge in [-0.2, -0.15) is 0 Å². The van der Waals surface area contributed by atoms with Crippen molar-refractivity contribution in [3.8, 4) is 0 Å². The standard InChI is InChI=1S/C15H27NO2/c1-17-14(5-2-6-14)11-13(16)12-4-9-18-15(10-12)7-3-8-15/h12-13H,2-11,16H2,1H3. The first-order valence-corrected chi connectivity index (χ1v) is 7.62. The van der Waals surface area contributed by atoms with Gasteiger partial charge in [-0.15, -0.1) is 0 Å². The Labute approximate surface area is 110 Å². The fourth-order valence-corrected chi connectivity index (χ4v) is 4.01. The molecule has 1 spiro atoms. The fraction of sp³-hybridized carbons (Fsp3) is 1.00. The number of rotatable bonds is 4. The van der Waals surface area contributed by atoms with Gasteiger partial charge in [0, 0.05) is 19.8 Å². The Bertz CT molecular complexity index is 291. The largest absolute Gasteiger partial charge is 0.378 e. The number of methoxy groups -OCH3 is 1. The van der Waals surface area contributed by atoms with E-state index in [4.69, 9.17) is 15.2 Å². The molecule has 3 nitrogen and oxygen atoms in total. The van der Waals surface area contributed by atoms with E-state index in [1.807, 2.05) is 7.11 Å². The Morgan fingerprint density at radius 2 is 2.00 bits per heavy atom. The van der Waals surface area contributed by atoms with Crippen molar-refractivity contribution in [1.29, 1.82) is 0 Å². The molecule has 2 saturated carbocycles. The predicted molar refractivity (Wildman–Crippen MR) is 71.4 cm³/mol. The lowest BCUT2D eigenvalue weighted by Gasteiger charge is -2.50. The summed E-state index contributed by atoms with van der Waals surface area (Å²) in [6.45, 7) is 0.915. The van der Waals surface area contributed by atoms with E-state index in [2.05, 4.69) is 0 Å². The van der Waals surface area contributed by atoms with Gasteiger partial charge in [0.25, 0.3) is 0 Å². The molecule has 1 aliphatic heterocycles. The summed E-state index contributed by atoms with van der Waals surface area (Å²) in [4.78, 5) is 0. The molecule has 104 valence electrons. The summed E-state index contributed by atoms with van der Waals surface area (Å²) < 4.78 is 11.7. The molecule has 0 bridgehead atoms. The third kappa shape index (κ3) is 2.21. The maximum Gasteiger partial charge on any atom is 0.0693 e. The summed E-state index contributed by atoms with van der Waals surface area (Å²) in [7, 11) is 1.85. The Morgan fingerprint density at radius 1 is 1.28 bits per heavy atom. The van der Waals surface area contributed by atoms with Gasteiger partial charge in [0.2, 0.25) is 0 Å². The van der Waals surface area contributed by atoms with Crippen LogP contribution in [0.25, 0.3) is 0 Å². The first-order chi connectivity index (χ1) is 8.67. The van der Waals surface area contributed by atoms with Crippen molar-refractivity contribution < 1.29 is 9.47 Å². The average Bonchev–Trinajstić information content (AvgIpc) is 2.32. The second kappa shape index (κ2) is 4.77. The zero-order valence-electron chi connectivity index (χ0n) is 11.6. The quantitative estimate of drug-likeness (QED) is 0.837. The molecule has 3 heteroatoms. The second-order valence-corrected chi connectivity index (χ2v) is 6.75. The van der Waals surface area contributed by atoms with Gasteiger partial charge in [0.1, 0.15) is 0 Å². The van der Waals surface area contributed by atoms with E-state index in [1.165, 1.54) is 44.9 Å². The van der Waals surface area contributed by atoms with Gasteiger partial charge in [0.05, 0.1) is 11.2 Å². The van der Waals surface area contributed by atoms with Crippen molar-refractivity contribution in [3.05, 3.63) is 0 Å². The molecule has 0 aromatic carbocycles. The highest BCUT2D eigenvalue weighted by Crippen LogP contribution is 2.46. The molecule has 2 atom stereocenters. The van der Waals surface area contributed by atoms with Crippen molar-refractivity contribution in [2.24, 2.45) is 11.7 Å². The first-order valence-electron chi connectivity index (χ1n) is 7.62. The van der Waals surface area contributed by atoms with Crippen LogP contribution in [-0.2, 0) is 9.47 Å².